The second-order valence-corrected chi connectivity index (χ2v) is 8.03. The van der Waals surface area contributed by atoms with E-state index in [4.69, 9.17) is 9.63 Å². The molecule has 3 aromatic rings. The molecule has 0 saturated carbocycles. The Morgan fingerprint density at radius 2 is 1.67 bits per heavy atom. The van der Waals surface area contributed by atoms with E-state index in [1.54, 1.807) is 13.8 Å². The molecule has 0 aliphatic rings. The van der Waals surface area contributed by atoms with Crippen LogP contribution in [-0.2, 0) is 10.0 Å². The lowest BCUT2D eigenvalue weighted by molar-refractivity contribution is 0.0682. The number of nitrogens with zero attached hydrogens (tertiary/aromatic N) is 1. The molecule has 156 valence electrons. The van der Waals surface area contributed by atoms with Gasteiger partial charge in [0.15, 0.2) is 0 Å². The minimum atomic E-state index is -3.94. The lowest BCUT2D eigenvalue weighted by Gasteiger charge is -2.12. The topological polar surface area (TPSA) is 159 Å². The predicted octanol–water partition coefficient (Wildman–Crippen LogP) is 3.23. The number of nitrogens with one attached hydrogen (secondary N) is 2. The molecule has 0 spiro atoms. The van der Waals surface area contributed by atoms with Crippen molar-refractivity contribution in [3.05, 3.63) is 64.8 Å². The van der Waals surface area contributed by atoms with Crippen LogP contribution in [0.1, 0.15) is 32.0 Å². The minimum Gasteiger partial charge on any atom is -0.478 e. The van der Waals surface area contributed by atoms with Crippen molar-refractivity contribution in [1.29, 1.82) is 0 Å². The van der Waals surface area contributed by atoms with Gasteiger partial charge in [-0.1, -0.05) is 5.16 Å². The van der Waals surface area contributed by atoms with Crippen LogP contribution in [0, 0.1) is 13.8 Å². The largest absolute Gasteiger partial charge is 0.478 e. The van der Waals surface area contributed by atoms with Crippen molar-refractivity contribution < 1.29 is 32.7 Å². The number of aryl methyl sites for hydroxylation is 1. The highest BCUT2D eigenvalue weighted by molar-refractivity contribution is 7.92. The number of hydrogen-bond acceptors (Lipinski definition) is 7. The highest BCUT2D eigenvalue weighted by Crippen LogP contribution is 2.26. The third-order valence-corrected chi connectivity index (χ3v) is 5.67. The minimum absolute atomic E-state index is 0.0197. The van der Waals surface area contributed by atoms with Crippen molar-refractivity contribution in [1.82, 2.24) is 5.16 Å². The van der Waals surface area contributed by atoms with Gasteiger partial charge >= 0.3 is 11.9 Å². The van der Waals surface area contributed by atoms with Crippen molar-refractivity contribution in [2.45, 2.75) is 18.7 Å². The molecule has 0 aliphatic carbocycles. The van der Waals surface area contributed by atoms with Gasteiger partial charge in [-0.15, -0.1) is 0 Å². The summed E-state index contributed by atoms with van der Waals surface area (Å²) >= 11 is 0. The van der Waals surface area contributed by atoms with Gasteiger partial charge in [0.1, 0.15) is 0 Å². The van der Waals surface area contributed by atoms with E-state index in [0.29, 0.717) is 16.9 Å². The van der Waals surface area contributed by atoms with Crippen LogP contribution in [0.4, 0.5) is 17.3 Å². The number of carboxylic acid groups (broad SMARTS) is 2. The lowest BCUT2D eigenvalue weighted by Crippen LogP contribution is -2.13. The van der Waals surface area contributed by atoms with Crippen LogP contribution in [-0.4, -0.2) is 35.7 Å². The number of anilines is 3. The Morgan fingerprint density at radius 1 is 1.00 bits per heavy atom. The monoisotopic (exact) mass is 431 g/mol. The van der Waals surface area contributed by atoms with Gasteiger partial charge in [-0.3, -0.25) is 0 Å². The summed E-state index contributed by atoms with van der Waals surface area (Å²) in [6, 6.07) is 9.02. The summed E-state index contributed by atoms with van der Waals surface area (Å²) < 4.78 is 32.3. The number of hydrogen-bond donors (Lipinski definition) is 4. The van der Waals surface area contributed by atoms with Crippen LogP contribution < -0.4 is 10.0 Å². The Labute approximate surface area is 171 Å². The third kappa shape index (κ3) is 4.25. The van der Waals surface area contributed by atoms with Crippen LogP contribution in [0.25, 0.3) is 0 Å². The van der Waals surface area contributed by atoms with E-state index in [9.17, 15) is 23.1 Å². The highest BCUT2D eigenvalue weighted by Gasteiger charge is 2.19. The van der Waals surface area contributed by atoms with Gasteiger partial charge in [0.05, 0.1) is 27.4 Å². The first kappa shape index (κ1) is 20.9. The summed E-state index contributed by atoms with van der Waals surface area (Å²) in [7, 11) is -3.94. The maximum Gasteiger partial charge on any atom is 0.337 e. The zero-order valence-corrected chi connectivity index (χ0v) is 16.6. The molecule has 1 heterocycles. The van der Waals surface area contributed by atoms with Crippen LogP contribution in [0.3, 0.4) is 0 Å². The van der Waals surface area contributed by atoms with Gasteiger partial charge in [0.2, 0.25) is 5.88 Å². The maximum atomic E-state index is 12.5. The van der Waals surface area contributed by atoms with Crippen LogP contribution in [0.15, 0.2) is 51.9 Å². The van der Waals surface area contributed by atoms with Gasteiger partial charge in [0.25, 0.3) is 10.0 Å². The Bertz CT molecular complexity index is 1230. The van der Waals surface area contributed by atoms with E-state index in [0.717, 1.165) is 0 Å². The van der Waals surface area contributed by atoms with Gasteiger partial charge in [-0.2, -0.15) is 0 Å². The average molecular weight is 431 g/mol. The quantitative estimate of drug-likeness (QED) is 0.440. The lowest BCUT2D eigenvalue weighted by atomic mass is 10.1. The Morgan fingerprint density at radius 3 is 2.20 bits per heavy atom. The molecule has 0 fully saturated rings. The number of carbonyl (C=O) groups is 2. The van der Waals surface area contributed by atoms with E-state index < -0.39 is 22.0 Å². The summed E-state index contributed by atoms with van der Waals surface area (Å²) in [6.45, 7) is 3.35. The Hall–Kier alpha value is -3.86. The standard InChI is InChI=1S/C19H17N3O7S/c1-10-11(2)21-29-17(10)22-30(27,28)14-6-4-13(5-7-14)20-16-9-12(18(23)24)3-8-15(16)19(25)26/h3-9,20,22H,1-2H3,(H,23,24)(H,25,26). The highest BCUT2D eigenvalue weighted by atomic mass is 32.2. The average Bonchev–Trinajstić information content (AvgIpc) is 2.99. The summed E-state index contributed by atoms with van der Waals surface area (Å²) in [5, 5.41) is 24.9. The molecule has 3 rings (SSSR count). The fraction of sp³-hybridized carbons (Fsp3) is 0.105. The fourth-order valence-corrected chi connectivity index (χ4v) is 3.58. The summed E-state index contributed by atoms with van der Waals surface area (Å²) in [5.74, 6) is -2.43. The van der Waals surface area contributed by atoms with Gasteiger partial charge in [0, 0.05) is 11.3 Å². The zero-order chi connectivity index (χ0) is 22.1. The number of carboxylic acids is 2. The maximum absolute atomic E-state index is 12.5. The summed E-state index contributed by atoms with van der Waals surface area (Å²) in [4.78, 5) is 22.5. The smallest absolute Gasteiger partial charge is 0.337 e. The van der Waals surface area contributed by atoms with Crippen molar-refractivity contribution in [2.75, 3.05) is 10.0 Å². The second-order valence-electron chi connectivity index (χ2n) is 6.35. The Balaban J connectivity index is 1.86. The molecule has 11 heteroatoms. The van der Waals surface area contributed by atoms with E-state index in [1.165, 1.54) is 42.5 Å². The molecule has 0 aliphatic heterocycles. The predicted molar refractivity (Wildman–Crippen MR) is 107 cm³/mol. The first-order valence-electron chi connectivity index (χ1n) is 8.52. The van der Waals surface area contributed by atoms with E-state index in [2.05, 4.69) is 15.2 Å². The zero-order valence-electron chi connectivity index (χ0n) is 15.8. The SMILES string of the molecule is Cc1noc(NS(=O)(=O)c2ccc(Nc3cc(C(=O)O)ccc3C(=O)O)cc2)c1C. The molecule has 0 radical (unpaired) electrons. The van der Waals surface area contributed by atoms with Gasteiger partial charge in [-0.25, -0.2) is 22.7 Å². The molecule has 30 heavy (non-hydrogen) atoms. The van der Waals surface area contributed by atoms with Crippen LogP contribution >= 0.6 is 0 Å². The first-order chi connectivity index (χ1) is 14.1. The van der Waals surface area contributed by atoms with Crippen LogP contribution in [0.5, 0.6) is 0 Å². The molecule has 0 atom stereocenters. The third-order valence-electron chi connectivity index (χ3n) is 4.32. The van der Waals surface area contributed by atoms with E-state index in [1.807, 2.05) is 0 Å². The van der Waals surface area contributed by atoms with Crippen molar-refractivity contribution >= 4 is 39.2 Å². The second kappa shape index (κ2) is 7.87. The van der Waals surface area contributed by atoms with Crippen molar-refractivity contribution in [3.8, 4) is 0 Å². The molecule has 0 amide bonds. The van der Waals surface area contributed by atoms with Crippen molar-refractivity contribution in [2.24, 2.45) is 0 Å². The van der Waals surface area contributed by atoms with Gasteiger partial charge in [-0.05, 0) is 56.3 Å². The molecule has 1 aromatic heterocycles. The number of rotatable bonds is 7. The number of aromatic nitrogens is 1. The van der Waals surface area contributed by atoms with E-state index in [-0.39, 0.29) is 27.6 Å². The molecular formula is C19H17N3O7S. The van der Waals surface area contributed by atoms with Crippen molar-refractivity contribution in [3.63, 3.8) is 0 Å². The fourth-order valence-electron chi connectivity index (χ4n) is 2.53. The van der Waals surface area contributed by atoms with Crippen LogP contribution in [0.2, 0.25) is 0 Å². The molecule has 0 bridgehead atoms. The molecule has 10 nitrogen and oxygen atoms in total. The normalized spacial score (nSPS) is 11.1. The number of benzene rings is 2. The molecule has 0 unspecified atom stereocenters. The molecular weight excluding hydrogens is 414 g/mol. The summed E-state index contributed by atoms with van der Waals surface area (Å²) in [6.07, 6.45) is 0. The Kier molecular flexibility index (Phi) is 5.47. The van der Waals surface area contributed by atoms with E-state index >= 15 is 0 Å². The molecule has 2 aromatic carbocycles. The van der Waals surface area contributed by atoms with Gasteiger partial charge < -0.3 is 20.1 Å². The first-order valence-corrected chi connectivity index (χ1v) is 10.00. The number of sulfonamides is 1. The summed E-state index contributed by atoms with van der Waals surface area (Å²) in [5.41, 5.74) is 1.33. The molecule has 4 N–H and O–H groups in total. The molecule has 0 saturated heterocycles. The number of aromatic carboxylic acids is 2.